The molecule has 0 aliphatic heterocycles. The summed E-state index contributed by atoms with van der Waals surface area (Å²) < 4.78 is 5.40. The first-order valence-electron chi connectivity index (χ1n) is 15.8. The Bertz CT molecular complexity index is 648. The van der Waals surface area contributed by atoms with Gasteiger partial charge in [-0.25, -0.2) is 0 Å². The molecule has 214 valence electrons. The molecule has 2 rings (SSSR count). The van der Waals surface area contributed by atoms with Crippen LogP contribution in [0.25, 0.3) is 0 Å². The number of rotatable bonds is 21. The van der Waals surface area contributed by atoms with E-state index < -0.39 is 0 Å². The fourth-order valence-electron chi connectivity index (χ4n) is 6.17. The minimum atomic E-state index is -0.332. The van der Waals surface area contributed by atoms with E-state index in [-0.39, 0.29) is 29.3 Å². The summed E-state index contributed by atoms with van der Waals surface area (Å²) in [6.07, 6.45) is 31.7. The van der Waals surface area contributed by atoms with Crippen molar-refractivity contribution in [3.63, 3.8) is 0 Å². The van der Waals surface area contributed by atoms with Gasteiger partial charge in [0.25, 0.3) is 0 Å². The van der Waals surface area contributed by atoms with Gasteiger partial charge in [0.05, 0.1) is 12.7 Å². The molecule has 4 heteroatoms. The summed E-state index contributed by atoms with van der Waals surface area (Å²) in [7, 11) is 0. The number of esters is 1. The summed E-state index contributed by atoms with van der Waals surface area (Å²) in [5.41, 5.74) is 0.593. The number of unbranched alkanes of at least 4 members (excludes halogenated alkanes) is 9. The second-order valence-corrected chi connectivity index (χ2v) is 12.4. The van der Waals surface area contributed by atoms with Crippen molar-refractivity contribution in [3.8, 4) is 0 Å². The molecule has 0 amide bonds. The lowest BCUT2D eigenvalue weighted by atomic mass is 9.64. The van der Waals surface area contributed by atoms with Crippen LogP contribution in [0.4, 0.5) is 0 Å². The quantitative estimate of drug-likeness (QED) is 0.0687. The second kappa shape index (κ2) is 19.3. The Kier molecular flexibility index (Phi) is 16.9. The molecule has 2 aliphatic carbocycles. The predicted molar refractivity (Wildman–Crippen MR) is 158 cm³/mol. The van der Waals surface area contributed by atoms with Crippen LogP contribution in [0.3, 0.4) is 0 Å². The summed E-state index contributed by atoms with van der Waals surface area (Å²) in [5.74, 6) is 0.376. The maximum absolute atomic E-state index is 12.0. The molecule has 2 saturated carbocycles. The highest BCUT2D eigenvalue weighted by molar-refractivity contribution is 6.21. The minimum Gasteiger partial charge on any atom is -0.466 e. The highest BCUT2D eigenvalue weighted by Gasteiger charge is 2.39. The normalized spacial score (nSPS) is 25.2. The molecule has 0 spiro atoms. The number of alkyl halides is 1. The van der Waals surface area contributed by atoms with Gasteiger partial charge in [-0.2, -0.15) is 0 Å². The zero-order chi connectivity index (χ0) is 26.8. The predicted octanol–water partition coefficient (Wildman–Crippen LogP) is 9.70. The number of hydrogen-bond acceptors (Lipinski definition) is 3. The van der Waals surface area contributed by atoms with Crippen LogP contribution in [0.2, 0.25) is 0 Å². The van der Waals surface area contributed by atoms with Gasteiger partial charge >= 0.3 is 5.97 Å². The van der Waals surface area contributed by atoms with Crippen molar-refractivity contribution in [1.82, 2.24) is 0 Å². The summed E-state index contributed by atoms with van der Waals surface area (Å²) in [6, 6.07) is 0. The Labute approximate surface area is 233 Å². The van der Waals surface area contributed by atoms with Gasteiger partial charge < -0.3 is 9.84 Å². The first-order chi connectivity index (χ1) is 18.0. The minimum absolute atomic E-state index is 0.0268. The maximum atomic E-state index is 12.0. The van der Waals surface area contributed by atoms with E-state index in [2.05, 4.69) is 38.2 Å². The molecule has 4 atom stereocenters. The van der Waals surface area contributed by atoms with Gasteiger partial charge in [0.15, 0.2) is 0 Å². The van der Waals surface area contributed by atoms with Crippen LogP contribution in [-0.4, -0.2) is 29.2 Å². The number of halogens is 1. The highest BCUT2D eigenvalue weighted by atomic mass is 35.5. The summed E-state index contributed by atoms with van der Waals surface area (Å²) in [4.78, 5) is 12.0. The monoisotopic (exact) mass is 536 g/mol. The van der Waals surface area contributed by atoms with Crippen LogP contribution in [-0.2, 0) is 9.53 Å². The number of allylic oxidation sites excluding steroid dienone is 3. The zero-order valence-electron chi connectivity index (χ0n) is 24.1. The number of ether oxygens (including phenoxy) is 1. The Morgan fingerprint density at radius 1 is 0.946 bits per heavy atom. The molecular weight excluding hydrogens is 480 g/mol. The van der Waals surface area contributed by atoms with Crippen LogP contribution in [0.5, 0.6) is 0 Å². The highest BCUT2D eigenvalue weighted by Crippen LogP contribution is 2.47. The first kappa shape index (κ1) is 32.4. The van der Waals surface area contributed by atoms with Crippen molar-refractivity contribution >= 4 is 17.6 Å². The lowest BCUT2D eigenvalue weighted by Gasteiger charge is -2.41. The van der Waals surface area contributed by atoms with Gasteiger partial charge in [-0.05, 0) is 69.1 Å². The molecule has 0 heterocycles. The van der Waals surface area contributed by atoms with Crippen molar-refractivity contribution in [3.05, 3.63) is 24.3 Å². The molecule has 37 heavy (non-hydrogen) atoms. The van der Waals surface area contributed by atoms with Crippen LogP contribution in [0.1, 0.15) is 142 Å². The lowest BCUT2D eigenvalue weighted by Crippen LogP contribution is -2.28. The SMILES string of the molecule is CCCCCCCCCCCOC(=O)CCC/C=C\C[C@@H]1[C@@H](/C=C/CCC2(CC)CCC2)[C@H](O)C[C@H]1Cl. The fraction of sp³-hybridized carbons (Fsp3) is 0.848. The third-order valence-corrected chi connectivity index (χ3v) is 9.57. The third-order valence-electron chi connectivity index (χ3n) is 9.07. The number of aliphatic hydroxyl groups is 1. The van der Waals surface area contributed by atoms with Gasteiger partial charge in [0, 0.05) is 17.7 Å². The lowest BCUT2D eigenvalue weighted by molar-refractivity contribution is -0.143. The smallest absolute Gasteiger partial charge is 0.305 e. The summed E-state index contributed by atoms with van der Waals surface area (Å²) >= 11 is 6.61. The Morgan fingerprint density at radius 3 is 2.30 bits per heavy atom. The number of hydrogen-bond donors (Lipinski definition) is 1. The number of carbonyl (C=O) groups excluding carboxylic acids is 1. The van der Waals surface area contributed by atoms with Crippen LogP contribution >= 0.6 is 11.6 Å². The van der Waals surface area contributed by atoms with E-state index in [9.17, 15) is 9.90 Å². The average Bonchev–Trinajstić information content (AvgIpc) is 3.13. The van der Waals surface area contributed by atoms with Crippen molar-refractivity contribution in [1.29, 1.82) is 0 Å². The number of aliphatic hydroxyl groups excluding tert-OH is 1. The van der Waals surface area contributed by atoms with Crippen molar-refractivity contribution < 1.29 is 14.6 Å². The van der Waals surface area contributed by atoms with E-state index in [1.165, 1.54) is 77.0 Å². The van der Waals surface area contributed by atoms with Crippen LogP contribution < -0.4 is 0 Å². The van der Waals surface area contributed by atoms with Crippen molar-refractivity contribution in [2.24, 2.45) is 17.3 Å². The molecule has 3 nitrogen and oxygen atoms in total. The van der Waals surface area contributed by atoms with E-state index in [4.69, 9.17) is 16.3 Å². The molecule has 0 unspecified atom stereocenters. The topological polar surface area (TPSA) is 46.5 Å². The van der Waals surface area contributed by atoms with E-state index in [0.717, 1.165) is 38.5 Å². The number of carbonyl (C=O) groups is 1. The Hall–Kier alpha value is -0.800. The molecule has 2 fully saturated rings. The second-order valence-electron chi connectivity index (χ2n) is 11.9. The largest absolute Gasteiger partial charge is 0.466 e. The molecule has 0 aromatic rings. The van der Waals surface area contributed by atoms with Crippen molar-refractivity contribution in [2.45, 2.75) is 154 Å². The third kappa shape index (κ3) is 12.7. The van der Waals surface area contributed by atoms with E-state index in [0.29, 0.717) is 24.9 Å². The van der Waals surface area contributed by atoms with Gasteiger partial charge in [-0.3, -0.25) is 4.79 Å². The first-order valence-corrected chi connectivity index (χ1v) is 16.2. The van der Waals surface area contributed by atoms with Gasteiger partial charge in [-0.1, -0.05) is 102 Å². The zero-order valence-corrected chi connectivity index (χ0v) is 24.9. The molecule has 1 N–H and O–H groups in total. The fourth-order valence-corrected chi connectivity index (χ4v) is 6.62. The molecule has 0 aromatic carbocycles. The molecule has 0 saturated heterocycles. The van der Waals surface area contributed by atoms with Crippen LogP contribution in [0.15, 0.2) is 24.3 Å². The average molecular weight is 537 g/mol. The molecule has 0 radical (unpaired) electrons. The maximum Gasteiger partial charge on any atom is 0.305 e. The van der Waals surface area contributed by atoms with E-state index >= 15 is 0 Å². The molecular formula is C33H57ClO3. The van der Waals surface area contributed by atoms with E-state index in [1.54, 1.807) is 0 Å². The Balaban J connectivity index is 1.52. The standard InChI is InChI=1S/C33H57ClO3/c1-3-5-6-7-8-9-10-13-18-26-37-32(36)22-15-12-11-14-20-28-29(31(35)27-30(28)34)21-16-17-23-33(4-2)24-19-25-33/h11,14,16,21,28-31,35H,3-10,12-13,15,17-20,22-27H2,1-2H3/b14-11-,21-16+/t28-,29-,30-,31-/m1/s1. The van der Waals surface area contributed by atoms with Gasteiger partial charge in [0.1, 0.15) is 0 Å². The van der Waals surface area contributed by atoms with Crippen molar-refractivity contribution in [2.75, 3.05) is 6.61 Å². The van der Waals surface area contributed by atoms with E-state index in [1.807, 2.05) is 0 Å². The summed E-state index contributed by atoms with van der Waals surface area (Å²) in [5, 5.41) is 10.6. The van der Waals surface area contributed by atoms with Crippen LogP contribution in [0, 0.1) is 17.3 Å². The Morgan fingerprint density at radius 2 is 1.65 bits per heavy atom. The molecule has 0 bridgehead atoms. The molecule has 2 aliphatic rings. The van der Waals surface area contributed by atoms with Gasteiger partial charge in [0.2, 0.25) is 0 Å². The molecule has 0 aromatic heterocycles. The summed E-state index contributed by atoms with van der Waals surface area (Å²) in [6.45, 7) is 5.15. The van der Waals surface area contributed by atoms with Gasteiger partial charge in [-0.15, -0.1) is 11.6 Å².